The van der Waals surface area contributed by atoms with Crippen molar-refractivity contribution in [3.63, 3.8) is 0 Å². The third-order valence-corrected chi connectivity index (χ3v) is 2.86. The Balaban J connectivity index is 2.27. The van der Waals surface area contributed by atoms with E-state index < -0.39 is 0 Å². The summed E-state index contributed by atoms with van der Waals surface area (Å²) in [5.74, 6) is 0. The molecule has 80 valence electrons. The van der Waals surface area contributed by atoms with Crippen LogP contribution in [-0.4, -0.2) is 18.7 Å². The lowest BCUT2D eigenvalue weighted by Crippen LogP contribution is -1.88. The number of aromatic amines is 2. The van der Waals surface area contributed by atoms with Gasteiger partial charge in [-0.1, -0.05) is 0 Å². The minimum absolute atomic E-state index is 0.430. The van der Waals surface area contributed by atoms with Gasteiger partial charge in [-0.25, -0.2) is 4.21 Å². The van der Waals surface area contributed by atoms with Gasteiger partial charge in [-0.2, -0.15) is 0 Å². The molecule has 3 rings (SSSR count). The molecule has 0 aliphatic heterocycles. The van der Waals surface area contributed by atoms with Gasteiger partial charge >= 0.3 is 0 Å². The summed E-state index contributed by atoms with van der Waals surface area (Å²) in [5, 5.41) is 0. The SMILES string of the molecule is O=S=c1[nH]c2ccc(-n3cccc3)cc2[nH]1. The Bertz CT molecular complexity index is 717. The average Bonchev–Trinajstić information content (AvgIpc) is 2.96. The molecular formula is C11H9N3OS. The van der Waals surface area contributed by atoms with Crippen molar-refractivity contribution in [2.24, 2.45) is 0 Å². The highest BCUT2D eigenvalue weighted by Crippen LogP contribution is 2.15. The number of hydrogen-bond acceptors (Lipinski definition) is 1. The van der Waals surface area contributed by atoms with Crippen LogP contribution in [0.25, 0.3) is 16.7 Å². The Labute approximate surface area is 94.6 Å². The third-order valence-electron chi connectivity index (χ3n) is 2.49. The summed E-state index contributed by atoms with van der Waals surface area (Å²) >= 11 is 0.430. The van der Waals surface area contributed by atoms with Crippen LogP contribution in [0, 0.1) is 4.77 Å². The minimum atomic E-state index is 0.430. The van der Waals surface area contributed by atoms with Gasteiger partial charge in [0.25, 0.3) is 0 Å². The smallest absolute Gasteiger partial charge is 0.205 e. The quantitative estimate of drug-likeness (QED) is 0.619. The summed E-state index contributed by atoms with van der Waals surface area (Å²) in [4.78, 5) is 6.03. The molecule has 0 fully saturated rings. The molecule has 4 nitrogen and oxygen atoms in total. The van der Waals surface area contributed by atoms with Crippen LogP contribution < -0.4 is 0 Å². The van der Waals surface area contributed by atoms with Crippen LogP contribution in [-0.2, 0) is 11.3 Å². The van der Waals surface area contributed by atoms with Gasteiger partial charge in [-0.15, -0.1) is 0 Å². The Hall–Kier alpha value is -2.01. The van der Waals surface area contributed by atoms with Gasteiger partial charge in [0, 0.05) is 18.1 Å². The second-order valence-electron chi connectivity index (χ2n) is 3.48. The lowest BCUT2D eigenvalue weighted by molar-refractivity contribution is 0.699. The summed E-state index contributed by atoms with van der Waals surface area (Å²) in [6.45, 7) is 0. The van der Waals surface area contributed by atoms with Crippen molar-refractivity contribution in [1.82, 2.24) is 14.5 Å². The van der Waals surface area contributed by atoms with Crippen LogP contribution in [0.4, 0.5) is 0 Å². The van der Waals surface area contributed by atoms with E-state index in [-0.39, 0.29) is 0 Å². The molecule has 0 aliphatic carbocycles. The van der Waals surface area contributed by atoms with Crippen LogP contribution in [0.15, 0.2) is 42.7 Å². The first kappa shape index (κ1) is 9.23. The maximum absolute atomic E-state index is 10.7. The van der Waals surface area contributed by atoms with E-state index in [4.69, 9.17) is 0 Å². The molecule has 3 aromatic rings. The first-order valence-electron chi connectivity index (χ1n) is 4.85. The van der Waals surface area contributed by atoms with Crippen LogP contribution in [0.5, 0.6) is 0 Å². The van der Waals surface area contributed by atoms with E-state index in [1.54, 1.807) is 0 Å². The van der Waals surface area contributed by atoms with Crippen molar-refractivity contribution in [2.45, 2.75) is 0 Å². The second-order valence-corrected chi connectivity index (χ2v) is 4.06. The Kier molecular flexibility index (Phi) is 2.04. The summed E-state index contributed by atoms with van der Waals surface area (Å²) in [6, 6.07) is 9.92. The lowest BCUT2D eigenvalue weighted by atomic mass is 10.3. The molecule has 2 N–H and O–H groups in total. The number of nitrogens with one attached hydrogen (secondary N) is 2. The maximum Gasteiger partial charge on any atom is 0.205 e. The minimum Gasteiger partial charge on any atom is -0.329 e. The zero-order valence-electron chi connectivity index (χ0n) is 8.31. The molecule has 0 radical (unpaired) electrons. The van der Waals surface area contributed by atoms with E-state index in [1.165, 1.54) is 0 Å². The Morgan fingerprint density at radius 2 is 1.81 bits per heavy atom. The molecule has 16 heavy (non-hydrogen) atoms. The summed E-state index contributed by atoms with van der Waals surface area (Å²) in [6.07, 6.45) is 3.97. The lowest BCUT2D eigenvalue weighted by Gasteiger charge is -2.01. The summed E-state index contributed by atoms with van der Waals surface area (Å²) in [5.41, 5.74) is 2.94. The van der Waals surface area contributed by atoms with Crippen LogP contribution >= 0.6 is 0 Å². The molecule has 0 saturated carbocycles. The first-order valence-corrected chi connectivity index (χ1v) is 5.59. The fourth-order valence-corrected chi connectivity index (χ4v) is 2.03. The number of benzene rings is 1. The fourth-order valence-electron chi connectivity index (χ4n) is 1.73. The molecule has 1 aromatic carbocycles. The monoisotopic (exact) mass is 231 g/mol. The van der Waals surface area contributed by atoms with Gasteiger partial charge in [0.2, 0.25) is 4.77 Å². The largest absolute Gasteiger partial charge is 0.329 e. The fraction of sp³-hybridized carbons (Fsp3) is 0. The third kappa shape index (κ3) is 1.42. The van der Waals surface area contributed by atoms with Crippen molar-refractivity contribution in [2.75, 3.05) is 0 Å². The predicted molar refractivity (Wildman–Crippen MR) is 63.4 cm³/mol. The van der Waals surface area contributed by atoms with E-state index in [0.29, 0.717) is 16.0 Å². The highest BCUT2D eigenvalue weighted by atomic mass is 32.1. The molecule has 0 atom stereocenters. The topological polar surface area (TPSA) is 53.6 Å². The predicted octanol–water partition coefficient (Wildman–Crippen LogP) is 2.03. The summed E-state index contributed by atoms with van der Waals surface area (Å²) < 4.78 is 13.2. The standard InChI is InChI=1S/C11H9N3OS/c15-16-11-12-9-4-3-8(7-10(9)13-11)14-5-1-2-6-14/h1-7,12-13H. The number of rotatable bonds is 1. The molecule has 2 aromatic heterocycles. The molecule has 2 heterocycles. The van der Waals surface area contributed by atoms with Crippen molar-refractivity contribution in [1.29, 1.82) is 0 Å². The Morgan fingerprint density at radius 1 is 1.06 bits per heavy atom. The van der Waals surface area contributed by atoms with Gasteiger partial charge in [0.15, 0.2) is 0 Å². The van der Waals surface area contributed by atoms with Gasteiger partial charge in [0.05, 0.1) is 11.0 Å². The highest BCUT2D eigenvalue weighted by molar-refractivity contribution is 7.56. The van der Waals surface area contributed by atoms with Gasteiger partial charge in [-0.3, -0.25) is 0 Å². The van der Waals surface area contributed by atoms with E-state index in [2.05, 4.69) is 9.97 Å². The molecule has 0 amide bonds. The van der Waals surface area contributed by atoms with E-state index >= 15 is 0 Å². The molecule has 0 aliphatic rings. The maximum atomic E-state index is 10.7. The molecular weight excluding hydrogens is 222 g/mol. The number of nitrogens with zero attached hydrogens (tertiary/aromatic N) is 1. The van der Waals surface area contributed by atoms with Crippen LogP contribution in [0.1, 0.15) is 0 Å². The average molecular weight is 231 g/mol. The molecule has 0 spiro atoms. The molecule has 0 unspecified atom stereocenters. The van der Waals surface area contributed by atoms with E-state index in [1.807, 2.05) is 47.3 Å². The number of aromatic nitrogens is 3. The first-order chi connectivity index (χ1) is 7.86. The number of H-pyrrole nitrogens is 2. The second kappa shape index (κ2) is 3.53. The van der Waals surface area contributed by atoms with Crippen LogP contribution in [0.2, 0.25) is 0 Å². The van der Waals surface area contributed by atoms with Gasteiger partial charge in [-0.05, 0) is 30.3 Å². The summed E-state index contributed by atoms with van der Waals surface area (Å²) in [7, 11) is 0. The zero-order chi connectivity index (χ0) is 11.0. The van der Waals surface area contributed by atoms with Crippen molar-refractivity contribution < 1.29 is 4.21 Å². The number of fused-ring (bicyclic) bond motifs is 1. The van der Waals surface area contributed by atoms with E-state index in [9.17, 15) is 4.21 Å². The Morgan fingerprint density at radius 3 is 2.56 bits per heavy atom. The van der Waals surface area contributed by atoms with Crippen molar-refractivity contribution >= 4 is 22.3 Å². The number of hydrogen-bond donors (Lipinski definition) is 2. The molecule has 0 bridgehead atoms. The van der Waals surface area contributed by atoms with Crippen molar-refractivity contribution in [3.8, 4) is 5.69 Å². The normalized spacial score (nSPS) is 10.8. The zero-order valence-corrected chi connectivity index (χ0v) is 9.12. The highest BCUT2D eigenvalue weighted by Gasteiger charge is 1.99. The van der Waals surface area contributed by atoms with Crippen molar-refractivity contribution in [3.05, 3.63) is 47.5 Å². The van der Waals surface area contributed by atoms with E-state index in [0.717, 1.165) is 16.7 Å². The van der Waals surface area contributed by atoms with Gasteiger partial charge < -0.3 is 14.5 Å². The van der Waals surface area contributed by atoms with Crippen LogP contribution in [0.3, 0.4) is 0 Å². The molecule has 5 heteroatoms. The molecule has 0 saturated heterocycles. The van der Waals surface area contributed by atoms with Gasteiger partial charge in [0.1, 0.15) is 11.3 Å². The number of imidazole rings is 1.